The minimum atomic E-state index is -0.943. The zero-order chi connectivity index (χ0) is 21.9. The van der Waals surface area contributed by atoms with E-state index in [-0.39, 0.29) is 37.2 Å². The number of carbonyl (C=O) groups excluding carboxylic acids is 3. The zero-order valence-corrected chi connectivity index (χ0v) is 16.7. The van der Waals surface area contributed by atoms with Crippen LogP contribution in [-0.2, 0) is 29.0 Å². The first-order chi connectivity index (χ1) is 13.2. The van der Waals surface area contributed by atoms with Gasteiger partial charge in [0.2, 0.25) is 0 Å². The van der Waals surface area contributed by atoms with Crippen LogP contribution in [0.2, 0.25) is 0 Å². The molecule has 0 aromatic heterocycles. The van der Waals surface area contributed by atoms with Crippen LogP contribution in [0.4, 0.5) is 0 Å². The lowest BCUT2D eigenvalue weighted by molar-refractivity contribution is -0.254. The smallest absolute Gasteiger partial charge is 0.342 e. The highest BCUT2D eigenvalue weighted by molar-refractivity contribution is 5.93. The largest absolute Gasteiger partial charge is 0.481 e. The van der Waals surface area contributed by atoms with E-state index in [1.165, 1.54) is 18.8 Å². The molecule has 1 fully saturated rings. The van der Waals surface area contributed by atoms with Crippen molar-refractivity contribution >= 4 is 23.5 Å². The molecule has 0 amide bonds. The molecule has 0 bridgehead atoms. The Morgan fingerprint density at radius 2 is 1.61 bits per heavy atom. The van der Waals surface area contributed by atoms with Crippen LogP contribution in [0.1, 0.15) is 51.9 Å². The second-order valence-corrected chi connectivity index (χ2v) is 5.81. The molecule has 2 N–H and O–H groups in total. The van der Waals surface area contributed by atoms with Crippen LogP contribution >= 0.6 is 0 Å². The molecule has 1 aliphatic carbocycles. The van der Waals surface area contributed by atoms with Gasteiger partial charge in [-0.2, -0.15) is 4.89 Å². The van der Waals surface area contributed by atoms with Crippen LogP contribution in [0.25, 0.3) is 0 Å². The van der Waals surface area contributed by atoms with E-state index in [0.717, 1.165) is 25.5 Å². The predicted molar refractivity (Wildman–Crippen MR) is 103 cm³/mol. The molecule has 0 spiro atoms. The highest BCUT2D eigenvalue weighted by Gasteiger charge is 2.13. The number of aliphatic carboxylic acids is 1. The van der Waals surface area contributed by atoms with Gasteiger partial charge in [-0.15, -0.1) is 0 Å². The van der Waals surface area contributed by atoms with Gasteiger partial charge in [-0.25, -0.2) is 4.79 Å². The van der Waals surface area contributed by atoms with Gasteiger partial charge in [-0.05, 0) is 38.3 Å². The number of carboxylic acid groups (broad SMARTS) is 1. The summed E-state index contributed by atoms with van der Waals surface area (Å²) < 4.78 is 0. The molecule has 8 heteroatoms. The SMILES string of the molecule is C=C(C)C/C=C/C(=O)CCC(=O)O.CO.COOC(=O)CCC(=O)C=C1CC1. The number of hydrogen-bond acceptors (Lipinski definition) is 7. The van der Waals surface area contributed by atoms with E-state index in [1.54, 1.807) is 12.2 Å². The van der Waals surface area contributed by atoms with E-state index >= 15 is 0 Å². The summed E-state index contributed by atoms with van der Waals surface area (Å²) in [6.45, 7) is 5.54. The zero-order valence-electron chi connectivity index (χ0n) is 16.7. The summed E-state index contributed by atoms with van der Waals surface area (Å²) in [5.41, 5.74) is 2.15. The quantitative estimate of drug-likeness (QED) is 0.235. The lowest BCUT2D eigenvalue weighted by Gasteiger charge is -1.96. The number of hydrogen-bond donors (Lipinski definition) is 2. The first-order valence-electron chi connectivity index (χ1n) is 8.70. The van der Waals surface area contributed by atoms with Crippen LogP contribution < -0.4 is 0 Å². The third kappa shape index (κ3) is 21.5. The number of aliphatic hydroxyl groups is 1. The van der Waals surface area contributed by atoms with Crippen molar-refractivity contribution in [1.82, 2.24) is 0 Å². The Balaban J connectivity index is 0. The molecular weight excluding hydrogens is 368 g/mol. The van der Waals surface area contributed by atoms with Gasteiger partial charge >= 0.3 is 11.9 Å². The molecule has 1 saturated carbocycles. The average Bonchev–Trinajstić information content (AvgIpc) is 3.44. The maximum atomic E-state index is 11.1. The number of rotatable bonds is 11. The molecule has 1 rings (SSSR count). The van der Waals surface area contributed by atoms with Crippen molar-refractivity contribution in [3.05, 3.63) is 36.0 Å². The van der Waals surface area contributed by atoms with Gasteiger partial charge in [0, 0.05) is 20.0 Å². The monoisotopic (exact) mass is 398 g/mol. The van der Waals surface area contributed by atoms with E-state index in [0.29, 0.717) is 6.42 Å². The van der Waals surface area contributed by atoms with Crippen molar-refractivity contribution < 1.29 is 39.2 Å². The Morgan fingerprint density at radius 1 is 1.04 bits per heavy atom. The number of ketones is 2. The molecule has 0 radical (unpaired) electrons. The molecule has 0 unspecified atom stereocenters. The molecule has 158 valence electrons. The topological polar surface area (TPSA) is 127 Å². The normalized spacial score (nSPS) is 11.4. The molecule has 28 heavy (non-hydrogen) atoms. The van der Waals surface area contributed by atoms with Crippen LogP contribution in [0.3, 0.4) is 0 Å². The van der Waals surface area contributed by atoms with Crippen molar-refractivity contribution in [1.29, 1.82) is 0 Å². The van der Waals surface area contributed by atoms with Crippen LogP contribution in [0, 0.1) is 0 Å². The summed E-state index contributed by atoms with van der Waals surface area (Å²) in [5.74, 6) is -1.61. The van der Waals surface area contributed by atoms with Crippen molar-refractivity contribution in [2.75, 3.05) is 14.2 Å². The van der Waals surface area contributed by atoms with Crippen LogP contribution in [0.5, 0.6) is 0 Å². The van der Waals surface area contributed by atoms with Crippen molar-refractivity contribution in [2.45, 2.75) is 51.9 Å². The minimum Gasteiger partial charge on any atom is -0.481 e. The second kappa shape index (κ2) is 17.8. The fourth-order valence-corrected chi connectivity index (χ4v) is 1.58. The predicted octanol–water partition coefficient (Wildman–Crippen LogP) is 2.71. The Labute approximate surface area is 165 Å². The molecule has 0 aliphatic heterocycles. The maximum absolute atomic E-state index is 11.1. The van der Waals surface area contributed by atoms with Gasteiger partial charge in [0.25, 0.3) is 0 Å². The molecule has 0 aromatic rings. The summed E-state index contributed by atoms with van der Waals surface area (Å²) in [6, 6.07) is 0. The standard InChI is InChI=1S/C10H14O3.C9H12O4.CH4O/c1-8(2)4-3-5-9(11)6-7-10(12)13;1-12-13-9(11)5-4-8(10)6-7-2-3-7;1-2/h3,5H,1,4,6-7H2,2H3,(H,12,13);6H,2-5H2,1H3;2H,1H3/b5-3+;;. The maximum Gasteiger partial charge on any atom is 0.342 e. The van der Waals surface area contributed by atoms with E-state index < -0.39 is 11.9 Å². The molecule has 0 saturated heterocycles. The summed E-state index contributed by atoms with van der Waals surface area (Å²) in [6.07, 6.45) is 7.69. The van der Waals surface area contributed by atoms with E-state index in [2.05, 4.69) is 16.4 Å². The van der Waals surface area contributed by atoms with E-state index in [9.17, 15) is 19.2 Å². The van der Waals surface area contributed by atoms with Gasteiger partial charge < -0.3 is 10.2 Å². The second-order valence-electron chi connectivity index (χ2n) is 5.81. The van der Waals surface area contributed by atoms with Crippen molar-refractivity contribution in [3.63, 3.8) is 0 Å². The van der Waals surface area contributed by atoms with Crippen molar-refractivity contribution in [2.24, 2.45) is 0 Å². The highest BCUT2D eigenvalue weighted by atomic mass is 17.2. The van der Waals surface area contributed by atoms with Gasteiger partial charge in [0.15, 0.2) is 11.6 Å². The molecular formula is C20H30O8. The number of allylic oxidation sites excluding steroid dienone is 5. The van der Waals surface area contributed by atoms with E-state index in [4.69, 9.17) is 10.2 Å². The Morgan fingerprint density at radius 3 is 2.07 bits per heavy atom. The number of carbonyl (C=O) groups is 4. The lowest BCUT2D eigenvalue weighted by atomic mass is 10.2. The highest BCUT2D eigenvalue weighted by Crippen LogP contribution is 2.27. The van der Waals surface area contributed by atoms with E-state index in [1.807, 2.05) is 6.92 Å². The van der Waals surface area contributed by atoms with Gasteiger partial charge in [-0.1, -0.05) is 23.8 Å². The van der Waals surface area contributed by atoms with Gasteiger partial charge in [0.1, 0.15) is 0 Å². The fraction of sp³-hybridized carbons (Fsp3) is 0.500. The number of aliphatic hydroxyl groups excluding tert-OH is 1. The number of carboxylic acids is 1. The summed E-state index contributed by atoms with van der Waals surface area (Å²) in [5, 5.41) is 15.3. The third-order valence-electron chi connectivity index (χ3n) is 3.01. The Bertz CT molecular complexity index is 581. The van der Waals surface area contributed by atoms with Gasteiger partial charge in [0.05, 0.1) is 20.0 Å². The minimum absolute atomic E-state index is 0.0134. The van der Waals surface area contributed by atoms with Crippen LogP contribution in [0.15, 0.2) is 36.0 Å². The average molecular weight is 398 g/mol. The molecule has 8 nitrogen and oxygen atoms in total. The Kier molecular flexibility index (Phi) is 17.6. The van der Waals surface area contributed by atoms with Crippen LogP contribution in [-0.4, -0.2) is 47.9 Å². The summed E-state index contributed by atoms with van der Waals surface area (Å²) >= 11 is 0. The molecule has 1 aliphatic rings. The third-order valence-corrected chi connectivity index (χ3v) is 3.01. The Hall–Kier alpha value is -2.58. The van der Waals surface area contributed by atoms with Gasteiger partial charge in [-0.3, -0.25) is 19.3 Å². The van der Waals surface area contributed by atoms with Crippen molar-refractivity contribution in [3.8, 4) is 0 Å². The summed E-state index contributed by atoms with van der Waals surface area (Å²) in [7, 11) is 2.26. The molecule has 0 heterocycles. The lowest BCUT2D eigenvalue weighted by Crippen LogP contribution is -2.05. The molecule has 0 atom stereocenters. The first kappa shape index (κ1) is 27.6. The summed E-state index contributed by atoms with van der Waals surface area (Å²) in [4.78, 5) is 51.2. The fourth-order valence-electron chi connectivity index (χ4n) is 1.58. The molecule has 0 aromatic carbocycles. The first-order valence-corrected chi connectivity index (χ1v) is 8.70.